The number of hydrogen-bond acceptors (Lipinski definition) is 4. The van der Waals surface area contributed by atoms with Crippen molar-refractivity contribution in [2.75, 3.05) is 26.7 Å². The standard InChI is InChI=1S/C13H22N2O4/c1-13(2,3)19-12(18)6-5-10(16)15-8-7-14(4)11(17)9-15/h5-9H2,1-4H3. The van der Waals surface area contributed by atoms with Crippen LogP contribution in [0.4, 0.5) is 0 Å². The highest BCUT2D eigenvalue weighted by molar-refractivity contribution is 5.87. The molecule has 0 radical (unpaired) electrons. The molecule has 6 nitrogen and oxygen atoms in total. The van der Waals surface area contributed by atoms with E-state index in [2.05, 4.69) is 0 Å². The fraction of sp³-hybridized carbons (Fsp3) is 0.769. The molecule has 0 spiro atoms. The van der Waals surface area contributed by atoms with Gasteiger partial charge in [0.2, 0.25) is 11.8 Å². The first kappa shape index (κ1) is 15.5. The Bertz CT molecular complexity index is 373. The highest BCUT2D eigenvalue weighted by atomic mass is 16.6. The van der Waals surface area contributed by atoms with Gasteiger partial charge in [-0.1, -0.05) is 0 Å². The van der Waals surface area contributed by atoms with Crippen LogP contribution in [0.1, 0.15) is 33.6 Å². The second-order valence-corrected chi connectivity index (χ2v) is 5.72. The van der Waals surface area contributed by atoms with E-state index in [0.717, 1.165) is 0 Å². The van der Waals surface area contributed by atoms with E-state index in [1.54, 1.807) is 32.7 Å². The molecule has 0 unspecified atom stereocenters. The predicted molar refractivity (Wildman–Crippen MR) is 69.3 cm³/mol. The fourth-order valence-electron chi connectivity index (χ4n) is 1.73. The summed E-state index contributed by atoms with van der Waals surface area (Å²) in [6.07, 6.45) is 0.141. The monoisotopic (exact) mass is 270 g/mol. The van der Waals surface area contributed by atoms with Crippen molar-refractivity contribution in [1.82, 2.24) is 9.80 Å². The van der Waals surface area contributed by atoms with E-state index in [1.807, 2.05) is 0 Å². The second kappa shape index (κ2) is 6.04. The van der Waals surface area contributed by atoms with E-state index in [0.29, 0.717) is 13.1 Å². The van der Waals surface area contributed by atoms with Crippen LogP contribution >= 0.6 is 0 Å². The maximum Gasteiger partial charge on any atom is 0.306 e. The van der Waals surface area contributed by atoms with Gasteiger partial charge in [0.1, 0.15) is 5.60 Å². The van der Waals surface area contributed by atoms with E-state index >= 15 is 0 Å². The van der Waals surface area contributed by atoms with Gasteiger partial charge in [0.15, 0.2) is 0 Å². The summed E-state index contributed by atoms with van der Waals surface area (Å²) in [5.41, 5.74) is -0.538. The average Bonchev–Trinajstić information content (AvgIpc) is 2.27. The maximum atomic E-state index is 11.9. The van der Waals surface area contributed by atoms with Gasteiger partial charge in [0.25, 0.3) is 0 Å². The van der Waals surface area contributed by atoms with Crippen LogP contribution in [-0.2, 0) is 19.1 Å². The number of nitrogens with zero attached hydrogens (tertiary/aromatic N) is 2. The molecular weight excluding hydrogens is 248 g/mol. The summed E-state index contributed by atoms with van der Waals surface area (Å²) in [6, 6.07) is 0. The summed E-state index contributed by atoms with van der Waals surface area (Å²) < 4.78 is 5.13. The first-order valence-electron chi connectivity index (χ1n) is 6.42. The molecule has 0 aromatic heterocycles. The van der Waals surface area contributed by atoms with Crippen LogP contribution in [0, 0.1) is 0 Å². The number of piperazine rings is 1. The van der Waals surface area contributed by atoms with Crippen LogP contribution in [-0.4, -0.2) is 59.9 Å². The van der Waals surface area contributed by atoms with Gasteiger partial charge in [-0.3, -0.25) is 14.4 Å². The van der Waals surface area contributed by atoms with Gasteiger partial charge >= 0.3 is 5.97 Å². The Hall–Kier alpha value is -1.59. The highest BCUT2D eigenvalue weighted by Crippen LogP contribution is 2.10. The highest BCUT2D eigenvalue weighted by Gasteiger charge is 2.25. The van der Waals surface area contributed by atoms with Crippen molar-refractivity contribution in [1.29, 1.82) is 0 Å². The third-order valence-electron chi connectivity index (χ3n) is 2.77. The van der Waals surface area contributed by atoms with Crippen molar-refractivity contribution in [3.05, 3.63) is 0 Å². The second-order valence-electron chi connectivity index (χ2n) is 5.72. The molecule has 0 aromatic rings. The minimum absolute atomic E-state index is 0.0522. The van der Waals surface area contributed by atoms with Crippen molar-refractivity contribution in [3.63, 3.8) is 0 Å². The van der Waals surface area contributed by atoms with Crippen LogP contribution in [0.15, 0.2) is 0 Å². The molecule has 0 bridgehead atoms. The Labute approximate surface area is 113 Å². The minimum atomic E-state index is -0.538. The number of rotatable bonds is 3. The number of esters is 1. The van der Waals surface area contributed by atoms with Crippen molar-refractivity contribution in [3.8, 4) is 0 Å². The molecule has 6 heteroatoms. The number of likely N-dealkylation sites (N-methyl/N-ethyl adjacent to an activating group) is 1. The van der Waals surface area contributed by atoms with Gasteiger partial charge in [0, 0.05) is 26.6 Å². The van der Waals surface area contributed by atoms with Crippen LogP contribution in [0.5, 0.6) is 0 Å². The van der Waals surface area contributed by atoms with Gasteiger partial charge in [0.05, 0.1) is 13.0 Å². The summed E-state index contributed by atoms with van der Waals surface area (Å²) in [4.78, 5) is 37.9. The number of carbonyl (C=O) groups is 3. The molecule has 19 heavy (non-hydrogen) atoms. The maximum absolute atomic E-state index is 11.9. The van der Waals surface area contributed by atoms with Crippen LogP contribution in [0.25, 0.3) is 0 Å². The van der Waals surface area contributed by atoms with E-state index in [-0.39, 0.29) is 37.2 Å². The smallest absolute Gasteiger partial charge is 0.306 e. The first-order chi connectivity index (χ1) is 8.69. The van der Waals surface area contributed by atoms with Gasteiger partial charge in [-0.25, -0.2) is 0 Å². The molecule has 1 heterocycles. The quantitative estimate of drug-likeness (QED) is 0.697. The van der Waals surface area contributed by atoms with Crippen LogP contribution < -0.4 is 0 Å². The molecule has 2 amide bonds. The third-order valence-corrected chi connectivity index (χ3v) is 2.77. The lowest BCUT2D eigenvalue weighted by atomic mass is 10.2. The lowest BCUT2D eigenvalue weighted by Crippen LogP contribution is -2.50. The molecule has 0 aromatic carbocycles. The third kappa shape index (κ3) is 5.28. The van der Waals surface area contributed by atoms with E-state index < -0.39 is 5.60 Å². The molecular formula is C13H22N2O4. The molecule has 0 aliphatic carbocycles. The Kier molecular flexibility index (Phi) is 4.91. The molecule has 1 aliphatic heterocycles. The summed E-state index contributed by atoms with van der Waals surface area (Å²) in [6.45, 7) is 6.51. The zero-order valence-corrected chi connectivity index (χ0v) is 12.1. The van der Waals surface area contributed by atoms with Crippen molar-refractivity contribution >= 4 is 17.8 Å². The fourth-order valence-corrected chi connectivity index (χ4v) is 1.73. The molecule has 1 fully saturated rings. The first-order valence-corrected chi connectivity index (χ1v) is 6.42. The van der Waals surface area contributed by atoms with Crippen LogP contribution in [0.3, 0.4) is 0 Å². The zero-order valence-electron chi connectivity index (χ0n) is 12.1. The minimum Gasteiger partial charge on any atom is -0.460 e. The van der Waals surface area contributed by atoms with Gasteiger partial charge in [-0.05, 0) is 20.8 Å². The Morgan fingerprint density at radius 1 is 1.21 bits per heavy atom. The number of hydrogen-bond donors (Lipinski definition) is 0. The largest absolute Gasteiger partial charge is 0.460 e. The Morgan fingerprint density at radius 3 is 2.37 bits per heavy atom. The average molecular weight is 270 g/mol. The van der Waals surface area contributed by atoms with E-state index in [1.165, 1.54) is 4.90 Å². The molecule has 1 rings (SSSR count). The molecule has 1 saturated heterocycles. The van der Waals surface area contributed by atoms with E-state index in [9.17, 15) is 14.4 Å². The Balaban J connectivity index is 2.36. The van der Waals surface area contributed by atoms with Gasteiger partial charge in [-0.15, -0.1) is 0 Å². The molecule has 1 aliphatic rings. The molecule has 0 N–H and O–H groups in total. The summed E-state index contributed by atoms with van der Waals surface area (Å²) in [5.74, 6) is -0.634. The topological polar surface area (TPSA) is 66.9 Å². The predicted octanol–water partition coefficient (Wildman–Crippen LogP) is 0.409. The number of carbonyl (C=O) groups excluding carboxylic acids is 3. The van der Waals surface area contributed by atoms with Crippen LogP contribution in [0.2, 0.25) is 0 Å². The van der Waals surface area contributed by atoms with Crippen molar-refractivity contribution in [2.45, 2.75) is 39.2 Å². The summed E-state index contributed by atoms with van der Waals surface area (Å²) in [5, 5.41) is 0. The van der Waals surface area contributed by atoms with Gasteiger partial charge < -0.3 is 14.5 Å². The summed E-state index contributed by atoms with van der Waals surface area (Å²) in [7, 11) is 1.71. The lowest BCUT2D eigenvalue weighted by Gasteiger charge is -2.32. The van der Waals surface area contributed by atoms with Crippen molar-refractivity contribution < 1.29 is 19.1 Å². The lowest BCUT2D eigenvalue weighted by molar-refractivity contribution is -0.156. The van der Waals surface area contributed by atoms with Gasteiger partial charge in [-0.2, -0.15) is 0 Å². The SMILES string of the molecule is CN1CCN(C(=O)CCC(=O)OC(C)(C)C)CC1=O. The molecule has 0 saturated carbocycles. The van der Waals surface area contributed by atoms with Crippen molar-refractivity contribution in [2.24, 2.45) is 0 Å². The van der Waals surface area contributed by atoms with E-state index in [4.69, 9.17) is 4.74 Å². The Morgan fingerprint density at radius 2 is 1.84 bits per heavy atom. The molecule has 0 atom stereocenters. The summed E-state index contributed by atoms with van der Waals surface area (Å²) >= 11 is 0. The number of amides is 2. The normalized spacial score (nSPS) is 16.5. The zero-order chi connectivity index (χ0) is 14.6. The number of ether oxygens (including phenoxy) is 1. The molecule has 108 valence electrons.